The van der Waals surface area contributed by atoms with Crippen molar-refractivity contribution in [3.63, 3.8) is 0 Å². The Morgan fingerprint density at radius 3 is 2.69 bits per heavy atom. The van der Waals surface area contributed by atoms with E-state index in [0.29, 0.717) is 16.9 Å². The number of hydrogen-bond donors (Lipinski definition) is 2. The standard InChI is InChI=1S/C12H13NO3/c1-11(2)12(14,15)6-9-5-8(7-13)3-4-10(9)16-11/h3-5,14-15H,6H2,1-2H3. The second kappa shape index (κ2) is 3.21. The minimum absolute atomic E-state index is 0.0604. The van der Waals surface area contributed by atoms with Gasteiger partial charge in [0, 0.05) is 12.0 Å². The van der Waals surface area contributed by atoms with Gasteiger partial charge in [0.2, 0.25) is 5.79 Å². The summed E-state index contributed by atoms with van der Waals surface area (Å²) in [6.45, 7) is 3.24. The van der Waals surface area contributed by atoms with Gasteiger partial charge in [-0.25, -0.2) is 0 Å². The van der Waals surface area contributed by atoms with E-state index >= 15 is 0 Å². The van der Waals surface area contributed by atoms with Crippen molar-refractivity contribution in [3.8, 4) is 11.8 Å². The third-order valence-corrected chi connectivity index (χ3v) is 2.96. The summed E-state index contributed by atoms with van der Waals surface area (Å²) in [5.41, 5.74) is 0.0648. The minimum Gasteiger partial charge on any atom is -0.482 e. The first-order valence-electron chi connectivity index (χ1n) is 5.02. The van der Waals surface area contributed by atoms with Gasteiger partial charge in [0.25, 0.3) is 0 Å². The summed E-state index contributed by atoms with van der Waals surface area (Å²) < 4.78 is 5.52. The fraction of sp³-hybridized carbons (Fsp3) is 0.417. The van der Waals surface area contributed by atoms with Gasteiger partial charge in [-0.3, -0.25) is 0 Å². The molecule has 1 aliphatic rings. The van der Waals surface area contributed by atoms with Crippen LogP contribution < -0.4 is 4.74 Å². The van der Waals surface area contributed by atoms with Gasteiger partial charge in [0.15, 0.2) is 5.60 Å². The highest BCUT2D eigenvalue weighted by molar-refractivity contribution is 5.44. The molecule has 16 heavy (non-hydrogen) atoms. The van der Waals surface area contributed by atoms with Crippen molar-refractivity contribution < 1.29 is 14.9 Å². The average Bonchev–Trinajstić information content (AvgIpc) is 2.18. The SMILES string of the molecule is CC1(C)Oc2ccc(C#N)cc2CC1(O)O. The predicted molar refractivity (Wildman–Crippen MR) is 56.7 cm³/mol. The average molecular weight is 219 g/mol. The van der Waals surface area contributed by atoms with E-state index in [9.17, 15) is 10.2 Å². The quantitative estimate of drug-likeness (QED) is 0.637. The molecule has 0 spiro atoms. The van der Waals surface area contributed by atoms with Crippen LogP contribution in [0.25, 0.3) is 0 Å². The van der Waals surface area contributed by atoms with E-state index in [4.69, 9.17) is 10.00 Å². The maximum Gasteiger partial charge on any atom is 0.207 e. The smallest absolute Gasteiger partial charge is 0.207 e. The highest BCUT2D eigenvalue weighted by atomic mass is 16.6. The molecule has 0 unspecified atom stereocenters. The molecular formula is C12H13NO3. The first-order valence-corrected chi connectivity index (χ1v) is 5.02. The van der Waals surface area contributed by atoms with Crippen molar-refractivity contribution in [2.75, 3.05) is 0 Å². The number of aliphatic hydroxyl groups is 2. The molecule has 4 nitrogen and oxygen atoms in total. The Labute approximate surface area is 93.7 Å². The summed E-state index contributed by atoms with van der Waals surface area (Å²) in [5.74, 6) is -1.32. The second-order valence-corrected chi connectivity index (χ2v) is 4.54. The summed E-state index contributed by atoms with van der Waals surface area (Å²) in [4.78, 5) is 0. The topological polar surface area (TPSA) is 73.5 Å². The molecule has 1 aliphatic heterocycles. The van der Waals surface area contributed by atoms with E-state index in [1.165, 1.54) is 0 Å². The molecule has 0 amide bonds. The molecule has 1 aromatic rings. The van der Waals surface area contributed by atoms with E-state index in [2.05, 4.69) is 0 Å². The molecule has 1 aromatic carbocycles. The lowest BCUT2D eigenvalue weighted by atomic mass is 9.87. The van der Waals surface area contributed by atoms with E-state index in [1.54, 1.807) is 32.0 Å². The van der Waals surface area contributed by atoms with Crippen LogP contribution in [0.5, 0.6) is 5.75 Å². The Balaban J connectivity index is 2.48. The molecular weight excluding hydrogens is 206 g/mol. The largest absolute Gasteiger partial charge is 0.482 e. The van der Waals surface area contributed by atoms with Gasteiger partial charge in [0.05, 0.1) is 11.6 Å². The maximum atomic E-state index is 9.86. The number of rotatable bonds is 0. The van der Waals surface area contributed by atoms with E-state index < -0.39 is 11.4 Å². The lowest BCUT2D eigenvalue weighted by molar-refractivity contribution is -0.259. The van der Waals surface area contributed by atoms with Crippen LogP contribution in [0.3, 0.4) is 0 Å². The van der Waals surface area contributed by atoms with Crippen molar-refractivity contribution in [2.45, 2.75) is 31.7 Å². The molecule has 0 saturated carbocycles. The van der Waals surface area contributed by atoms with Crippen LogP contribution in [0.1, 0.15) is 25.0 Å². The number of nitrogens with zero attached hydrogens (tertiary/aromatic N) is 1. The second-order valence-electron chi connectivity index (χ2n) is 4.54. The summed E-state index contributed by atoms with van der Waals surface area (Å²) in [6.07, 6.45) is 0.0604. The minimum atomic E-state index is -1.92. The highest BCUT2D eigenvalue weighted by Gasteiger charge is 2.48. The zero-order valence-electron chi connectivity index (χ0n) is 9.19. The van der Waals surface area contributed by atoms with Crippen molar-refractivity contribution in [3.05, 3.63) is 29.3 Å². The molecule has 0 aliphatic carbocycles. The molecule has 0 aromatic heterocycles. The third-order valence-electron chi connectivity index (χ3n) is 2.96. The monoisotopic (exact) mass is 219 g/mol. The van der Waals surface area contributed by atoms with Gasteiger partial charge in [0.1, 0.15) is 5.75 Å². The molecule has 4 heteroatoms. The molecule has 0 fully saturated rings. The van der Waals surface area contributed by atoms with Crippen LogP contribution in [0.2, 0.25) is 0 Å². The lowest BCUT2D eigenvalue weighted by Crippen LogP contribution is -2.57. The molecule has 0 saturated heterocycles. The van der Waals surface area contributed by atoms with Crippen LogP contribution in [-0.2, 0) is 6.42 Å². The number of hydrogen-bond acceptors (Lipinski definition) is 4. The lowest BCUT2D eigenvalue weighted by Gasteiger charge is -2.42. The maximum absolute atomic E-state index is 9.86. The van der Waals surface area contributed by atoms with Crippen molar-refractivity contribution in [1.29, 1.82) is 5.26 Å². The van der Waals surface area contributed by atoms with Crippen molar-refractivity contribution >= 4 is 0 Å². The Morgan fingerprint density at radius 1 is 1.38 bits per heavy atom. The molecule has 84 valence electrons. The number of benzene rings is 1. The third kappa shape index (κ3) is 1.54. The van der Waals surface area contributed by atoms with Gasteiger partial charge in [-0.2, -0.15) is 5.26 Å². The zero-order chi connectivity index (χ0) is 12.0. The molecule has 2 N–H and O–H groups in total. The predicted octanol–water partition coefficient (Wildman–Crippen LogP) is 0.953. The van der Waals surface area contributed by atoms with Gasteiger partial charge < -0.3 is 14.9 Å². The van der Waals surface area contributed by atoms with Crippen molar-refractivity contribution in [2.24, 2.45) is 0 Å². The van der Waals surface area contributed by atoms with Crippen LogP contribution in [0.4, 0.5) is 0 Å². The fourth-order valence-electron chi connectivity index (χ4n) is 1.72. The first kappa shape index (κ1) is 10.9. The Kier molecular flexibility index (Phi) is 2.19. The number of ether oxygens (including phenoxy) is 1. The molecule has 0 bridgehead atoms. The van der Waals surface area contributed by atoms with Crippen LogP contribution in [-0.4, -0.2) is 21.6 Å². The summed E-state index contributed by atoms with van der Waals surface area (Å²) in [5, 5.41) is 28.5. The Hall–Kier alpha value is -1.57. The first-order chi connectivity index (χ1) is 7.36. The van der Waals surface area contributed by atoms with Gasteiger partial charge in [-0.1, -0.05) is 0 Å². The van der Waals surface area contributed by atoms with Crippen LogP contribution in [0, 0.1) is 11.3 Å². The van der Waals surface area contributed by atoms with Gasteiger partial charge in [-0.15, -0.1) is 0 Å². The molecule has 0 atom stereocenters. The molecule has 2 rings (SSSR count). The Morgan fingerprint density at radius 2 is 2.06 bits per heavy atom. The highest BCUT2D eigenvalue weighted by Crippen LogP contribution is 2.38. The van der Waals surface area contributed by atoms with E-state index in [-0.39, 0.29) is 6.42 Å². The van der Waals surface area contributed by atoms with E-state index in [0.717, 1.165) is 0 Å². The number of fused-ring (bicyclic) bond motifs is 1. The summed E-state index contributed by atoms with van der Waals surface area (Å²) in [6, 6.07) is 6.96. The Bertz CT molecular complexity index is 472. The molecule has 1 heterocycles. The van der Waals surface area contributed by atoms with Crippen LogP contribution in [0.15, 0.2) is 18.2 Å². The summed E-state index contributed by atoms with van der Waals surface area (Å²) >= 11 is 0. The van der Waals surface area contributed by atoms with Gasteiger partial charge >= 0.3 is 0 Å². The summed E-state index contributed by atoms with van der Waals surface area (Å²) in [7, 11) is 0. The fourth-order valence-corrected chi connectivity index (χ4v) is 1.72. The van der Waals surface area contributed by atoms with E-state index in [1.807, 2.05) is 6.07 Å². The normalized spacial score (nSPS) is 20.4. The zero-order valence-corrected chi connectivity index (χ0v) is 9.19. The van der Waals surface area contributed by atoms with Crippen molar-refractivity contribution in [1.82, 2.24) is 0 Å². The molecule has 0 radical (unpaired) electrons. The van der Waals surface area contributed by atoms with Gasteiger partial charge in [-0.05, 0) is 32.0 Å². The number of nitriles is 1. The van der Waals surface area contributed by atoms with Crippen LogP contribution >= 0.6 is 0 Å².